The molecule has 0 unspecified atom stereocenters. The molecule has 3 aromatic rings. The molecule has 4 rings (SSSR count). The molecule has 0 atom stereocenters. The minimum atomic E-state index is -3.85. The van der Waals surface area contributed by atoms with Gasteiger partial charge in [0, 0.05) is 49.7 Å². The molecule has 0 radical (unpaired) electrons. The number of hydrogen-bond acceptors (Lipinski definition) is 9. The zero-order valence-corrected chi connectivity index (χ0v) is 20.0. The first-order valence-electron chi connectivity index (χ1n) is 10.7. The SMILES string of the molecule is Cc1cc(NS(=O)(=O)c2ccc(NC(=O)c3cc(N4CCN(C)CC4)ncn3)cc2)nc(C)n1. The van der Waals surface area contributed by atoms with Gasteiger partial charge in [0.2, 0.25) is 0 Å². The molecule has 12 heteroatoms. The minimum absolute atomic E-state index is 0.0406. The Balaban J connectivity index is 1.43. The summed E-state index contributed by atoms with van der Waals surface area (Å²) in [6, 6.07) is 9.08. The Morgan fingerprint density at radius 3 is 2.35 bits per heavy atom. The maximum Gasteiger partial charge on any atom is 0.274 e. The number of aryl methyl sites for hydroxylation is 2. The zero-order valence-electron chi connectivity index (χ0n) is 19.2. The number of rotatable bonds is 6. The van der Waals surface area contributed by atoms with Gasteiger partial charge >= 0.3 is 0 Å². The maximum atomic E-state index is 12.7. The van der Waals surface area contributed by atoms with Crippen LogP contribution >= 0.6 is 0 Å². The highest BCUT2D eigenvalue weighted by Gasteiger charge is 2.19. The molecular weight excluding hydrogens is 456 g/mol. The number of aromatic nitrogens is 4. The van der Waals surface area contributed by atoms with Crippen molar-refractivity contribution in [3.8, 4) is 0 Å². The van der Waals surface area contributed by atoms with Gasteiger partial charge in [-0.25, -0.2) is 28.4 Å². The summed E-state index contributed by atoms with van der Waals surface area (Å²) < 4.78 is 27.9. The van der Waals surface area contributed by atoms with Gasteiger partial charge in [0.1, 0.15) is 29.5 Å². The summed E-state index contributed by atoms with van der Waals surface area (Å²) >= 11 is 0. The lowest BCUT2D eigenvalue weighted by Crippen LogP contribution is -2.44. The predicted octanol–water partition coefficient (Wildman–Crippen LogP) is 1.69. The van der Waals surface area contributed by atoms with Crippen molar-refractivity contribution in [2.75, 3.05) is 48.2 Å². The molecule has 0 spiro atoms. The van der Waals surface area contributed by atoms with E-state index in [1.54, 1.807) is 26.0 Å². The molecule has 1 aromatic carbocycles. The van der Waals surface area contributed by atoms with Crippen LogP contribution in [0.3, 0.4) is 0 Å². The van der Waals surface area contributed by atoms with Crippen molar-refractivity contribution in [3.63, 3.8) is 0 Å². The average molecular weight is 483 g/mol. The maximum absolute atomic E-state index is 12.7. The number of carbonyl (C=O) groups excluding carboxylic acids is 1. The standard InChI is InChI=1S/C22H26N8O3S/c1-15-12-20(26-16(2)25-15)28-34(32,33)18-6-4-17(5-7-18)27-22(31)19-13-21(24-14-23-19)30-10-8-29(3)9-11-30/h4-7,12-14H,8-11H2,1-3H3,(H,27,31)(H,25,26,28). The minimum Gasteiger partial charge on any atom is -0.354 e. The van der Waals surface area contributed by atoms with E-state index in [9.17, 15) is 13.2 Å². The molecule has 3 heterocycles. The molecule has 1 saturated heterocycles. The molecule has 1 fully saturated rings. The van der Waals surface area contributed by atoms with E-state index in [-0.39, 0.29) is 16.4 Å². The quantitative estimate of drug-likeness (QED) is 0.538. The summed E-state index contributed by atoms with van der Waals surface area (Å²) in [7, 11) is -1.78. The number of hydrogen-bond donors (Lipinski definition) is 2. The van der Waals surface area contributed by atoms with Crippen LogP contribution in [0.1, 0.15) is 22.0 Å². The van der Waals surface area contributed by atoms with Crippen LogP contribution in [-0.2, 0) is 10.0 Å². The largest absolute Gasteiger partial charge is 0.354 e. The lowest BCUT2D eigenvalue weighted by molar-refractivity contribution is 0.102. The first kappa shape index (κ1) is 23.5. The van der Waals surface area contributed by atoms with Gasteiger partial charge in [0.25, 0.3) is 15.9 Å². The van der Waals surface area contributed by atoms with Gasteiger partial charge in [0.05, 0.1) is 4.90 Å². The number of nitrogens with one attached hydrogen (secondary N) is 2. The van der Waals surface area contributed by atoms with Crippen LogP contribution in [0.2, 0.25) is 0 Å². The number of nitrogens with zero attached hydrogens (tertiary/aromatic N) is 6. The van der Waals surface area contributed by atoms with Gasteiger partial charge < -0.3 is 15.1 Å². The number of benzene rings is 1. The highest BCUT2D eigenvalue weighted by atomic mass is 32.2. The first-order chi connectivity index (χ1) is 16.2. The second-order valence-corrected chi connectivity index (χ2v) is 9.76. The molecule has 2 aromatic heterocycles. The molecule has 1 aliphatic heterocycles. The smallest absolute Gasteiger partial charge is 0.274 e. The number of likely N-dealkylation sites (N-methyl/N-ethyl adjacent to an activating group) is 1. The van der Waals surface area contributed by atoms with E-state index in [0.29, 0.717) is 23.0 Å². The molecule has 2 N–H and O–H groups in total. The van der Waals surface area contributed by atoms with Gasteiger partial charge in [-0.3, -0.25) is 9.52 Å². The van der Waals surface area contributed by atoms with E-state index in [2.05, 4.69) is 46.8 Å². The first-order valence-corrected chi connectivity index (χ1v) is 12.2. The van der Waals surface area contributed by atoms with Gasteiger partial charge in [-0.2, -0.15) is 0 Å². The number of amides is 1. The molecule has 34 heavy (non-hydrogen) atoms. The van der Waals surface area contributed by atoms with E-state index < -0.39 is 15.9 Å². The second-order valence-electron chi connectivity index (χ2n) is 8.08. The molecule has 0 aliphatic carbocycles. The zero-order chi connectivity index (χ0) is 24.3. The highest BCUT2D eigenvalue weighted by Crippen LogP contribution is 2.19. The molecule has 1 amide bonds. The van der Waals surface area contributed by atoms with Crippen molar-refractivity contribution in [2.45, 2.75) is 18.7 Å². The molecule has 1 aliphatic rings. The number of piperazine rings is 1. The Morgan fingerprint density at radius 2 is 1.68 bits per heavy atom. The Morgan fingerprint density at radius 1 is 0.971 bits per heavy atom. The van der Waals surface area contributed by atoms with E-state index in [4.69, 9.17) is 0 Å². The van der Waals surface area contributed by atoms with Crippen molar-refractivity contribution in [1.82, 2.24) is 24.8 Å². The fourth-order valence-corrected chi connectivity index (χ4v) is 4.55. The summed E-state index contributed by atoms with van der Waals surface area (Å²) in [6.45, 7) is 6.95. The molecule has 11 nitrogen and oxygen atoms in total. The van der Waals surface area contributed by atoms with Crippen LogP contribution in [0.5, 0.6) is 0 Å². The summed E-state index contributed by atoms with van der Waals surface area (Å²) in [5, 5.41) is 2.75. The van der Waals surface area contributed by atoms with Crippen LogP contribution in [0.25, 0.3) is 0 Å². The number of carbonyl (C=O) groups is 1. The summed E-state index contributed by atoms with van der Waals surface area (Å²) in [5.74, 6) is 0.966. The predicted molar refractivity (Wildman–Crippen MR) is 128 cm³/mol. The number of anilines is 3. The monoisotopic (exact) mass is 482 g/mol. The summed E-state index contributed by atoms with van der Waals surface area (Å²) in [6.07, 6.45) is 1.38. The van der Waals surface area contributed by atoms with Crippen molar-refractivity contribution < 1.29 is 13.2 Å². The fourth-order valence-electron chi connectivity index (χ4n) is 3.56. The molecule has 0 saturated carbocycles. The van der Waals surface area contributed by atoms with Crippen LogP contribution in [0, 0.1) is 13.8 Å². The van der Waals surface area contributed by atoms with Gasteiger partial charge in [-0.05, 0) is 45.2 Å². The van der Waals surface area contributed by atoms with Crippen LogP contribution in [0.4, 0.5) is 17.3 Å². The van der Waals surface area contributed by atoms with Crippen molar-refractivity contribution in [3.05, 3.63) is 59.9 Å². The molecule has 0 bridgehead atoms. The third kappa shape index (κ3) is 5.64. The lowest BCUT2D eigenvalue weighted by atomic mass is 10.2. The summed E-state index contributed by atoms with van der Waals surface area (Å²) in [5.41, 5.74) is 1.33. The van der Waals surface area contributed by atoms with Crippen LogP contribution in [0.15, 0.2) is 47.6 Å². The average Bonchev–Trinajstić information content (AvgIpc) is 2.79. The highest BCUT2D eigenvalue weighted by molar-refractivity contribution is 7.92. The second kappa shape index (κ2) is 9.69. The van der Waals surface area contributed by atoms with E-state index >= 15 is 0 Å². The van der Waals surface area contributed by atoms with Crippen molar-refractivity contribution >= 4 is 33.3 Å². The summed E-state index contributed by atoms with van der Waals surface area (Å²) in [4.78, 5) is 33.7. The lowest BCUT2D eigenvalue weighted by Gasteiger charge is -2.33. The van der Waals surface area contributed by atoms with Crippen molar-refractivity contribution in [2.24, 2.45) is 0 Å². The Hall–Kier alpha value is -3.64. The van der Waals surface area contributed by atoms with E-state index in [1.165, 1.54) is 30.6 Å². The normalized spacial score (nSPS) is 14.6. The Labute approximate surface area is 198 Å². The van der Waals surface area contributed by atoms with Crippen LogP contribution < -0.4 is 14.9 Å². The van der Waals surface area contributed by atoms with E-state index in [1.807, 2.05) is 0 Å². The van der Waals surface area contributed by atoms with Crippen molar-refractivity contribution in [1.29, 1.82) is 0 Å². The van der Waals surface area contributed by atoms with Gasteiger partial charge in [-0.15, -0.1) is 0 Å². The topological polar surface area (TPSA) is 133 Å². The van der Waals surface area contributed by atoms with E-state index in [0.717, 1.165) is 26.2 Å². The number of sulfonamides is 1. The third-order valence-corrected chi connectivity index (χ3v) is 6.71. The third-order valence-electron chi connectivity index (χ3n) is 5.34. The Kier molecular flexibility index (Phi) is 6.70. The molecule has 178 valence electrons. The Bertz CT molecular complexity index is 1270. The van der Waals surface area contributed by atoms with Gasteiger partial charge in [-0.1, -0.05) is 0 Å². The van der Waals surface area contributed by atoms with Gasteiger partial charge in [0.15, 0.2) is 0 Å². The molecular formula is C22H26N8O3S. The fraction of sp³-hybridized carbons (Fsp3) is 0.318. The van der Waals surface area contributed by atoms with Crippen LogP contribution in [-0.4, -0.2) is 72.4 Å².